The average molecular weight is 402 g/mol. The number of rotatable bonds is 7. The average Bonchev–Trinajstić information content (AvgIpc) is 3.04. The summed E-state index contributed by atoms with van der Waals surface area (Å²) in [7, 11) is 1.55. The summed E-state index contributed by atoms with van der Waals surface area (Å²) < 4.78 is 8.13. The van der Waals surface area contributed by atoms with E-state index in [1.165, 1.54) is 16.3 Å². The Morgan fingerprint density at radius 2 is 2.00 bits per heavy atom. The van der Waals surface area contributed by atoms with Crippen molar-refractivity contribution in [3.8, 4) is 0 Å². The van der Waals surface area contributed by atoms with Crippen LogP contribution in [0.2, 0.25) is 0 Å². The van der Waals surface area contributed by atoms with Crippen molar-refractivity contribution in [2.75, 3.05) is 6.61 Å². The first kappa shape index (κ1) is 19.9. The molecule has 0 fully saturated rings. The maximum atomic E-state index is 12.5. The number of aryl methyl sites for hydroxylation is 3. The highest BCUT2D eigenvalue weighted by atomic mass is 32.2. The van der Waals surface area contributed by atoms with Crippen molar-refractivity contribution in [1.82, 2.24) is 19.1 Å². The predicted octanol–water partition coefficient (Wildman–Crippen LogP) is 1.71. The third kappa shape index (κ3) is 4.04. The van der Waals surface area contributed by atoms with E-state index in [2.05, 4.69) is 9.97 Å². The fourth-order valence-corrected chi connectivity index (χ4v) is 3.79. The molecule has 0 saturated carbocycles. The van der Waals surface area contributed by atoms with Gasteiger partial charge in [0.05, 0.1) is 6.61 Å². The van der Waals surface area contributed by atoms with Crippen LogP contribution in [0.15, 0.2) is 45.1 Å². The van der Waals surface area contributed by atoms with Gasteiger partial charge in [0.15, 0.2) is 16.3 Å². The lowest BCUT2D eigenvalue weighted by molar-refractivity contribution is -0.142. The first-order chi connectivity index (χ1) is 13.4. The minimum atomic E-state index is -0.528. The van der Waals surface area contributed by atoms with E-state index in [1.54, 1.807) is 25.5 Å². The van der Waals surface area contributed by atoms with E-state index in [-0.39, 0.29) is 5.97 Å². The Kier molecular flexibility index (Phi) is 6.03. The number of imidazole rings is 1. The third-order valence-electron chi connectivity index (χ3n) is 4.34. The van der Waals surface area contributed by atoms with Gasteiger partial charge in [0.1, 0.15) is 5.25 Å². The topological polar surface area (TPSA) is 99.0 Å². The summed E-state index contributed by atoms with van der Waals surface area (Å²) in [5.74, 6) is -0.350. The van der Waals surface area contributed by atoms with E-state index in [9.17, 15) is 14.4 Å². The van der Waals surface area contributed by atoms with Crippen LogP contribution in [0.4, 0.5) is 0 Å². The molecule has 2 heterocycles. The number of fused-ring (bicyclic) bond motifs is 1. The molecule has 0 amide bonds. The number of aromatic nitrogens is 4. The fraction of sp³-hybridized carbons (Fsp3) is 0.368. The second-order valence-electron chi connectivity index (χ2n) is 6.28. The number of esters is 1. The highest BCUT2D eigenvalue weighted by Crippen LogP contribution is 2.26. The van der Waals surface area contributed by atoms with Crippen LogP contribution in [0.5, 0.6) is 0 Å². The molecule has 0 radical (unpaired) electrons. The van der Waals surface area contributed by atoms with Crippen molar-refractivity contribution in [3.63, 3.8) is 0 Å². The van der Waals surface area contributed by atoms with Crippen molar-refractivity contribution >= 4 is 28.9 Å². The van der Waals surface area contributed by atoms with Gasteiger partial charge in [0, 0.05) is 13.6 Å². The molecule has 1 atom stereocenters. The van der Waals surface area contributed by atoms with E-state index in [0.29, 0.717) is 35.9 Å². The van der Waals surface area contributed by atoms with Crippen LogP contribution in [0.3, 0.4) is 0 Å². The number of nitrogens with one attached hydrogen (secondary N) is 1. The van der Waals surface area contributed by atoms with Crippen LogP contribution in [0.1, 0.15) is 19.4 Å². The van der Waals surface area contributed by atoms with E-state index >= 15 is 0 Å². The van der Waals surface area contributed by atoms with E-state index in [4.69, 9.17) is 4.74 Å². The third-order valence-corrected chi connectivity index (χ3v) is 5.41. The van der Waals surface area contributed by atoms with Gasteiger partial charge < -0.3 is 9.30 Å². The van der Waals surface area contributed by atoms with Crippen molar-refractivity contribution in [2.24, 2.45) is 7.05 Å². The molecular formula is C19H22N4O4S. The number of hydrogen-bond acceptors (Lipinski definition) is 6. The Bertz CT molecular complexity index is 1100. The highest BCUT2D eigenvalue weighted by Gasteiger charge is 2.23. The maximum Gasteiger partial charge on any atom is 0.329 e. The Morgan fingerprint density at radius 3 is 2.68 bits per heavy atom. The zero-order valence-electron chi connectivity index (χ0n) is 16.0. The Labute approximate surface area is 165 Å². The molecule has 0 aliphatic rings. The second-order valence-corrected chi connectivity index (χ2v) is 7.59. The Morgan fingerprint density at radius 1 is 1.29 bits per heavy atom. The standard InChI is InChI=1S/C19H22N4O4S/c1-4-27-17(25)12(2)28-19-20-15-14(16(24)21-18(26)22(15)3)23(19)11-10-13-8-6-5-7-9-13/h5-9,12H,4,10-11H2,1-3H3,(H,21,24,26)/t12-/m0/s1. The minimum Gasteiger partial charge on any atom is -0.465 e. The summed E-state index contributed by atoms with van der Waals surface area (Å²) in [6.45, 7) is 4.26. The van der Waals surface area contributed by atoms with Crippen LogP contribution >= 0.6 is 11.8 Å². The maximum absolute atomic E-state index is 12.5. The molecule has 28 heavy (non-hydrogen) atoms. The zero-order chi connectivity index (χ0) is 20.3. The quantitative estimate of drug-likeness (QED) is 0.477. The van der Waals surface area contributed by atoms with Gasteiger partial charge in [0.2, 0.25) is 0 Å². The van der Waals surface area contributed by atoms with Gasteiger partial charge in [-0.3, -0.25) is 19.1 Å². The van der Waals surface area contributed by atoms with Crippen LogP contribution in [-0.2, 0) is 29.5 Å². The fourth-order valence-electron chi connectivity index (χ4n) is 2.86. The first-order valence-electron chi connectivity index (χ1n) is 8.99. The van der Waals surface area contributed by atoms with Crippen molar-refractivity contribution in [3.05, 3.63) is 56.7 Å². The summed E-state index contributed by atoms with van der Waals surface area (Å²) >= 11 is 1.21. The number of aromatic amines is 1. The number of hydrogen-bond donors (Lipinski definition) is 1. The minimum absolute atomic E-state index is 0.292. The van der Waals surface area contributed by atoms with Crippen LogP contribution in [0.25, 0.3) is 11.2 Å². The monoisotopic (exact) mass is 402 g/mol. The number of carbonyl (C=O) groups excluding carboxylic acids is 1. The molecule has 8 nitrogen and oxygen atoms in total. The van der Waals surface area contributed by atoms with E-state index in [0.717, 1.165) is 5.56 Å². The van der Waals surface area contributed by atoms with Gasteiger partial charge in [-0.1, -0.05) is 42.1 Å². The lowest BCUT2D eigenvalue weighted by atomic mass is 10.1. The molecule has 0 spiro atoms. The number of thioether (sulfide) groups is 1. The molecule has 0 bridgehead atoms. The number of nitrogens with zero attached hydrogens (tertiary/aromatic N) is 3. The summed E-state index contributed by atoms with van der Waals surface area (Å²) in [5.41, 5.74) is 0.700. The summed E-state index contributed by atoms with van der Waals surface area (Å²) in [5, 5.41) is 0.00142. The number of carbonyl (C=O) groups is 1. The van der Waals surface area contributed by atoms with Crippen molar-refractivity contribution in [1.29, 1.82) is 0 Å². The molecular weight excluding hydrogens is 380 g/mol. The lowest BCUT2D eigenvalue weighted by Crippen LogP contribution is -2.29. The largest absolute Gasteiger partial charge is 0.465 e. The summed E-state index contributed by atoms with van der Waals surface area (Å²) in [4.78, 5) is 43.3. The van der Waals surface area contributed by atoms with Gasteiger partial charge in [-0.25, -0.2) is 9.78 Å². The Hall–Kier alpha value is -2.81. The molecule has 0 unspecified atom stereocenters. The van der Waals surface area contributed by atoms with Crippen LogP contribution in [-0.4, -0.2) is 36.9 Å². The molecule has 0 aliphatic heterocycles. The molecule has 3 rings (SSSR count). The Balaban J connectivity index is 2.04. The highest BCUT2D eigenvalue weighted by molar-refractivity contribution is 8.00. The molecule has 0 saturated heterocycles. The zero-order valence-corrected chi connectivity index (χ0v) is 16.8. The first-order valence-corrected chi connectivity index (χ1v) is 9.87. The predicted molar refractivity (Wildman–Crippen MR) is 108 cm³/mol. The number of benzene rings is 1. The number of ether oxygens (including phenoxy) is 1. The molecule has 2 aromatic heterocycles. The molecule has 1 aromatic carbocycles. The van der Waals surface area contributed by atoms with E-state index in [1.807, 2.05) is 30.3 Å². The van der Waals surface area contributed by atoms with E-state index < -0.39 is 16.5 Å². The second kappa shape index (κ2) is 8.47. The number of H-pyrrole nitrogens is 1. The lowest BCUT2D eigenvalue weighted by Gasteiger charge is -2.12. The SMILES string of the molecule is CCOC(=O)[C@H](C)Sc1nc2c(c(=O)[nH]c(=O)n2C)n1CCc1ccccc1. The smallest absolute Gasteiger partial charge is 0.329 e. The van der Waals surface area contributed by atoms with Gasteiger partial charge in [0.25, 0.3) is 5.56 Å². The summed E-state index contributed by atoms with van der Waals surface area (Å²) in [6.07, 6.45) is 0.677. The van der Waals surface area contributed by atoms with Gasteiger partial charge >= 0.3 is 11.7 Å². The van der Waals surface area contributed by atoms with Gasteiger partial charge in [-0.15, -0.1) is 0 Å². The molecule has 1 N–H and O–H groups in total. The normalized spacial score (nSPS) is 12.2. The molecule has 0 aliphatic carbocycles. The summed E-state index contributed by atoms with van der Waals surface area (Å²) in [6, 6.07) is 9.87. The van der Waals surface area contributed by atoms with Crippen molar-refractivity contribution < 1.29 is 9.53 Å². The van der Waals surface area contributed by atoms with Gasteiger partial charge in [-0.05, 0) is 25.8 Å². The van der Waals surface area contributed by atoms with Crippen LogP contribution < -0.4 is 11.2 Å². The molecule has 148 valence electrons. The van der Waals surface area contributed by atoms with Crippen molar-refractivity contribution in [2.45, 2.75) is 37.2 Å². The van der Waals surface area contributed by atoms with Crippen LogP contribution in [0, 0.1) is 0 Å². The molecule has 9 heteroatoms. The van der Waals surface area contributed by atoms with Gasteiger partial charge in [-0.2, -0.15) is 0 Å². The molecule has 3 aromatic rings.